The van der Waals surface area contributed by atoms with Crippen molar-refractivity contribution in [2.75, 3.05) is 12.9 Å². The lowest BCUT2D eigenvalue weighted by Gasteiger charge is -2.34. The van der Waals surface area contributed by atoms with Gasteiger partial charge in [-0.25, -0.2) is 0 Å². The van der Waals surface area contributed by atoms with E-state index in [1.165, 1.54) is 41.9 Å². The Hall–Kier alpha value is -0.220. The predicted octanol–water partition coefficient (Wildman–Crippen LogP) is 4.42. The smallest absolute Gasteiger partial charge is 0.0586 e. The van der Waals surface area contributed by atoms with Crippen LogP contribution in [0.25, 0.3) is 0 Å². The van der Waals surface area contributed by atoms with Crippen molar-refractivity contribution in [3.8, 4) is 0 Å². The average Bonchev–Trinajstić information content (AvgIpc) is 2.48. The zero-order chi connectivity index (χ0) is 13.9. The van der Waals surface area contributed by atoms with Crippen LogP contribution in [0.3, 0.4) is 0 Å². The average molecular weight is 312 g/mol. The maximum absolute atomic E-state index is 6.17. The van der Waals surface area contributed by atoms with Crippen molar-refractivity contribution >= 4 is 23.4 Å². The third-order valence-electron chi connectivity index (χ3n) is 4.41. The predicted molar refractivity (Wildman–Crippen MR) is 85.7 cm³/mol. The van der Waals surface area contributed by atoms with Crippen LogP contribution in [0.15, 0.2) is 23.1 Å². The Bertz CT molecular complexity index is 468. The van der Waals surface area contributed by atoms with Gasteiger partial charge in [-0.05, 0) is 61.6 Å². The van der Waals surface area contributed by atoms with Crippen LogP contribution in [-0.2, 0) is 4.74 Å². The lowest BCUT2D eigenvalue weighted by molar-refractivity contribution is 0.0567. The molecule has 0 saturated heterocycles. The molecule has 1 heterocycles. The molecule has 0 aromatic heterocycles. The summed E-state index contributed by atoms with van der Waals surface area (Å²) in [5.74, 6) is 1.19. The van der Waals surface area contributed by atoms with Crippen molar-refractivity contribution in [3.63, 3.8) is 0 Å². The number of hydrogen-bond donors (Lipinski definition) is 1. The van der Waals surface area contributed by atoms with E-state index in [4.69, 9.17) is 16.3 Å². The number of ether oxygens (including phenoxy) is 1. The first kappa shape index (κ1) is 14.7. The maximum atomic E-state index is 6.17. The van der Waals surface area contributed by atoms with Crippen LogP contribution in [0.2, 0.25) is 5.02 Å². The summed E-state index contributed by atoms with van der Waals surface area (Å²) in [5.41, 5.74) is 1.38. The van der Waals surface area contributed by atoms with Gasteiger partial charge in [0.1, 0.15) is 0 Å². The summed E-state index contributed by atoms with van der Waals surface area (Å²) < 4.78 is 5.53. The molecule has 1 fully saturated rings. The molecule has 0 spiro atoms. The van der Waals surface area contributed by atoms with Crippen molar-refractivity contribution < 1.29 is 4.74 Å². The minimum absolute atomic E-state index is 0.429. The van der Waals surface area contributed by atoms with Gasteiger partial charge in [-0.2, -0.15) is 0 Å². The molecule has 2 nitrogen and oxygen atoms in total. The highest BCUT2D eigenvalue weighted by Gasteiger charge is 2.27. The van der Waals surface area contributed by atoms with E-state index < -0.39 is 0 Å². The largest absolute Gasteiger partial charge is 0.381 e. The zero-order valence-electron chi connectivity index (χ0n) is 11.9. The molecule has 3 atom stereocenters. The van der Waals surface area contributed by atoms with E-state index in [0.29, 0.717) is 18.2 Å². The van der Waals surface area contributed by atoms with Gasteiger partial charge >= 0.3 is 0 Å². The Labute approximate surface area is 130 Å². The fraction of sp³-hybridized carbons (Fsp3) is 0.625. The van der Waals surface area contributed by atoms with Gasteiger partial charge in [0.2, 0.25) is 0 Å². The lowest BCUT2D eigenvalue weighted by atomic mass is 9.91. The molecule has 2 aliphatic rings. The molecule has 1 aromatic rings. The van der Waals surface area contributed by atoms with Crippen LogP contribution >= 0.6 is 23.4 Å². The minimum atomic E-state index is 0.429. The van der Waals surface area contributed by atoms with Gasteiger partial charge in [-0.1, -0.05) is 11.6 Å². The molecule has 1 aromatic carbocycles. The Balaban J connectivity index is 1.71. The van der Waals surface area contributed by atoms with E-state index in [1.54, 1.807) is 0 Å². The van der Waals surface area contributed by atoms with Crippen molar-refractivity contribution in [2.45, 2.75) is 55.2 Å². The molecule has 0 radical (unpaired) electrons. The molecule has 1 aliphatic carbocycles. The second-order valence-corrected chi connectivity index (χ2v) is 7.33. The van der Waals surface area contributed by atoms with Gasteiger partial charge < -0.3 is 10.1 Å². The summed E-state index contributed by atoms with van der Waals surface area (Å²) in [6, 6.07) is 7.32. The second-order valence-electron chi connectivity index (χ2n) is 5.76. The number of thioether (sulfide) groups is 1. The van der Waals surface area contributed by atoms with Crippen LogP contribution < -0.4 is 5.32 Å². The molecule has 3 unspecified atom stereocenters. The minimum Gasteiger partial charge on any atom is -0.381 e. The van der Waals surface area contributed by atoms with Crippen LogP contribution in [0.5, 0.6) is 0 Å². The van der Waals surface area contributed by atoms with Gasteiger partial charge in [0, 0.05) is 29.1 Å². The molecule has 110 valence electrons. The maximum Gasteiger partial charge on any atom is 0.0586 e. The topological polar surface area (TPSA) is 21.3 Å². The normalized spacial score (nSPS) is 30.0. The summed E-state index contributed by atoms with van der Waals surface area (Å²) >= 11 is 8.12. The lowest BCUT2D eigenvalue weighted by Crippen LogP contribution is -2.39. The first-order chi connectivity index (χ1) is 9.76. The van der Waals surface area contributed by atoms with E-state index in [2.05, 4.69) is 17.4 Å². The van der Waals surface area contributed by atoms with Crippen LogP contribution in [0, 0.1) is 0 Å². The summed E-state index contributed by atoms with van der Waals surface area (Å²) in [4.78, 5) is 1.39. The summed E-state index contributed by atoms with van der Waals surface area (Å²) in [6.07, 6.45) is 6.48. The highest BCUT2D eigenvalue weighted by molar-refractivity contribution is 7.99. The molecule has 0 bridgehead atoms. The van der Waals surface area contributed by atoms with E-state index >= 15 is 0 Å². The van der Waals surface area contributed by atoms with Crippen molar-refractivity contribution in [3.05, 3.63) is 28.8 Å². The van der Waals surface area contributed by atoms with Gasteiger partial charge in [0.25, 0.3) is 0 Å². The Morgan fingerprint density at radius 3 is 3.05 bits per heavy atom. The first-order valence-corrected chi connectivity index (χ1v) is 8.83. The van der Waals surface area contributed by atoms with E-state index in [0.717, 1.165) is 11.4 Å². The molecule has 1 saturated carbocycles. The quantitative estimate of drug-likeness (QED) is 0.892. The molecule has 1 N–H and O–H groups in total. The van der Waals surface area contributed by atoms with E-state index in [-0.39, 0.29) is 0 Å². The standard InChI is InChI=1S/C16H22ClNOS/c1-19-13-4-2-3-12(10-13)18-15-7-8-20-16-6-5-11(17)9-14(15)16/h5-6,9,12-13,15,18H,2-4,7-8,10H2,1H3. The third-order valence-corrected chi connectivity index (χ3v) is 5.77. The summed E-state index contributed by atoms with van der Waals surface area (Å²) in [6.45, 7) is 0. The third kappa shape index (κ3) is 3.33. The Morgan fingerprint density at radius 1 is 1.30 bits per heavy atom. The fourth-order valence-electron chi connectivity index (χ4n) is 3.33. The van der Waals surface area contributed by atoms with Crippen LogP contribution in [0.4, 0.5) is 0 Å². The molecule has 0 amide bonds. The highest BCUT2D eigenvalue weighted by atomic mass is 35.5. The van der Waals surface area contributed by atoms with Crippen molar-refractivity contribution in [1.82, 2.24) is 5.32 Å². The van der Waals surface area contributed by atoms with Crippen LogP contribution in [-0.4, -0.2) is 25.0 Å². The van der Waals surface area contributed by atoms with E-state index in [1.807, 2.05) is 24.9 Å². The number of hydrogen-bond acceptors (Lipinski definition) is 3. The molecule has 4 heteroatoms. The SMILES string of the molecule is COC1CCCC(NC2CCSc3ccc(Cl)cc32)C1. The number of fused-ring (bicyclic) bond motifs is 1. The monoisotopic (exact) mass is 311 g/mol. The zero-order valence-corrected chi connectivity index (χ0v) is 13.5. The first-order valence-electron chi connectivity index (χ1n) is 7.47. The molecule has 1 aliphatic heterocycles. The van der Waals surface area contributed by atoms with Crippen molar-refractivity contribution in [2.24, 2.45) is 0 Å². The van der Waals surface area contributed by atoms with Gasteiger partial charge in [-0.15, -0.1) is 11.8 Å². The van der Waals surface area contributed by atoms with Gasteiger partial charge in [-0.3, -0.25) is 0 Å². The Kier molecular flexibility index (Phi) is 4.92. The summed E-state index contributed by atoms with van der Waals surface area (Å²) in [7, 11) is 1.83. The number of nitrogens with one attached hydrogen (secondary N) is 1. The summed E-state index contributed by atoms with van der Waals surface area (Å²) in [5, 5.41) is 4.70. The Morgan fingerprint density at radius 2 is 2.20 bits per heavy atom. The van der Waals surface area contributed by atoms with Crippen molar-refractivity contribution in [1.29, 1.82) is 0 Å². The molecular formula is C16H22ClNOS. The number of methoxy groups -OCH3 is 1. The molecule has 3 rings (SSSR count). The highest BCUT2D eigenvalue weighted by Crippen LogP contribution is 2.38. The molecular weight excluding hydrogens is 290 g/mol. The number of rotatable bonds is 3. The fourth-order valence-corrected chi connectivity index (χ4v) is 4.62. The van der Waals surface area contributed by atoms with Gasteiger partial charge in [0.05, 0.1) is 6.10 Å². The number of benzene rings is 1. The van der Waals surface area contributed by atoms with Gasteiger partial charge in [0.15, 0.2) is 0 Å². The van der Waals surface area contributed by atoms with E-state index in [9.17, 15) is 0 Å². The second kappa shape index (κ2) is 6.69. The van der Waals surface area contributed by atoms with Crippen LogP contribution in [0.1, 0.15) is 43.7 Å². The molecule has 20 heavy (non-hydrogen) atoms. The number of halogens is 1.